The number of nitrogens with zero attached hydrogens (tertiary/aromatic N) is 3. The highest BCUT2D eigenvalue weighted by molar-refractivity contribution is 6.32. The largest absolute Gasteiger partial charge is 0.344 e. The average Bonchev–Trinajstić information content (AvgIpc) is 3.57. The Morgan fingerprint density at radius 2 is 1.78 bits per heavy atom. The number of hydrogen-bond acceptors (Lipinski definition) is 6. The molecule has 0 aliphatic carbocycles. The number of fused-ring (bicyclic) bond motifs is 1. The molecular weight excluding hydrogens is 470 g/mol. The zero-order valence-corrected chi connectivity index (χ0v) is 20.5. The first kappa shape index (κ1) is 23.7. The fraction of sp³-hybridized carbons (Fsp3) is 0.148. The lowest BCUT2D eigenvalue weighted by atomic mass is 9.99. The summed E-state index contributed by atoms with van der Waals surface area (Å²) >= 11 is 0. The zero-order valence-electron chi connectivity index (χ0n) is 20.5. The van der Waals surface area contributed by atoms with Crippen molar-refractivity contribution in [3.05, 3.63) is 94.6 Å². The van der Waals surface area contributed by atoms with Crippen LogP contribution in [0.2, 0.25) is 0 Å². The highest BCUT2D eigenvalue weighted by Gasteiger charge is 2.25. The number of amides is 2. The van der Waals surface area contributed by atoms with Crippen molar-refractivity contribution < 1.29 is 14.4 Å². The molecule has 4 N–H and O–H groups in total. The number of aryl methyl sites for hydroxylation is 3. The molecule has 10 nitrogen and oxygen atoms in total. The predicted octanol–water partition coefficient (Wildman–Crippen LogP) is 4.13. The molecule has 0 unspecified atom stereocenters. The maximum Gasteiger partial charge on any atom is 0.273 e. The molecule has 1 aliphatic heterocycles. The third-order valence-corrected chi connectivity index (χ3v) is 5.97. The van der Waals surface area contributed by atoms with E-state index < -0.39 is 0 Å². The first-order valence-electron chi connectivity index (χ1n) is 11.8. The van der Waals surface area contributed by atoms with Crippen LogP contribution in [0.3, 0.4) is 0 Å². The van der Waals surface area contributed by atoms with E-state index in [1.165, 1.54) is 0 Å². The fourth-order valence-corrected chi connectivity index (χ4v) is 4.15. The summed E-state index contributed by atoms with van der Waals surface area (Å²) in [7, 11) is 0. The van der Waals surface area contributed by atoms with Crippen molar-refractivity contribution >= 4 is 40.4 Å². The molecule has 0 saturated carbocycles. The number of hydrogen-bond donors (Lipinski definition) is 4. The van der Waals surface area contributed by atoms with Gasteiger partial charge in [0.25, 0.3) is 11.8 Å². The summed E-state index contributed by atoms with van der Waals surface area (Å²) in [6, 6.07) is 15.4. The van der Waals surface area contributed by atoms with E-state index in [2.05, 4.69) is 31.2 Å². The van der Waals surface area contributed by atoms with Gasteiger partial charge < -0.3 is 16.0 Å². The fourth-order valence-electron chi connectivity index (χ4n) is 4.15. The Hall–Kier alpha value is -4.99. The highest BCUT2D eigenvalue weighted by atomic mass is 16.2. The van der Waals surface area contributed by atoms with Crippen molar-refractivity contribution in [1.82, 2.24) is 20.0 Å². The number of nitrogens with one attached hydrogen (secondary N) is 4. The summed E-state index contributed by atoms with van der Waals surface area (Å²) in [6.45, 7) is 6.23. The lowest BCUT2D eigenvalue weighted by Gasteiger charge is -2.08. The molecule has 1 aliphatic rings. The first-order valence-corrected chi connectivity index (χ1v) is 11.8. The SMILES string of the molecule is CCn1nc(C)cc1C(=O)Nc1ccc(C(=O)c2ccc3c(c2)NC(=O)/C3=C\Nc2cc(C)[nH]n2)cc1. The van der Waals surface area contributed by atoms with Gasteiger partial charge in [0.05, 0.1) is 11.3 Å². The van der Waals surface area contributed by atoms with Gasteiger partial charge in [-0.1, -0.05) is 12.1 Å². The van der Waals surface area contributed by atoms with Gasteiger partial charge in [-0.25, -0.2) is 0 Å². The number of carbonyl (C=O) groups is 3. The number of carbonyl (C=O) groups excluding carboxylic acids is 3. The minimum atomic E-state index is -0.267. The molecule has 2 aromatic carbocycles. The van der Waals surface area contributed by atoms with E-state index in [9.17, 15) is 14.4 Å². The van der Waals surface area contributed by atoms with Crippen molar-refractivity contribution in [2.24, 2.45) is 0 Å². The van der Waals surface area contributed by atoms with E-state index in [-0.39, 0.29) is 17.6 Å². The lowest BCUT2D eigenvalue weighted by molar-refractivity contribution is -0.110. The van der Waals surface area contributed by atoms with Crippen LogP contribution in [-0.4, -0.2) is 37.6 Å². The second-order valence-corrected chi connectivity index (χ2v) is 8.70. The molecule has 0 radical (unpaired) electrons. The van der Waals surface area contributed by atoms with Gasteiger partial charge in [0, 0.05) is 52.6 Å². The molecule has 2 aromatic heterocycles. The quantitative estimate of drug-likeness (QED) is 0.225. The Morgan fingerprint density at radius 1 is 1.03 bits per heavy atom. The van der Waals surface area contributed by atoms with Crippen molar-refractivity contribution in [2.75, 3.05) is 16.0 Å². The summed E-state index contributed by atoms with van der Waals surface area (Å²) in [5, 5.41) is 19.9. The zero-order chi connectivity index (χ0) is 26.1. The van der Waals surface area contributed by atoms with Crippen LogP contribution < -0.4 is 16.0 Å². The number of rotatable bonds is 7. The molecule has 0 spiro atoms. The molecule has 37 heavy (non-hydrogen) atoms. The average molecular weight is 496 g/mol. The predicted molar refractivity (Wildman–Crippen MR) is 140 cm³/mol. The topological polar surface area (TPSA) is 134 Å². The van der Waals surface area contributed by atoms with Crippen LogP contribution in [0.5, 0.6) is 0 Å². The Morgan fingerprint density at radius 3 is 2.49 bits per heavy atom. The standard InChI is InChI=1S/C27H25N7O3/c1-4-34-23(11-16(3)33-34)27(37)29-19-8-5-17(6-9-19)25(35)18-7-10-20-21(26(36)30-22(20)13-18)14-28-24-12-15(2)31-32-24/h5-14H,4H2,1-3H3,(H,29,37)(H,30,36)(H2,28,31,32)/b21-14-. The minimum Gasteiger partial charge on any atom is -0.344 e. The van der Waals surface area contributed by atoms with E-state index in [4.69, 9.17) is 0 Å². The maximum absolute atomic E-state index is 13.1. The van der Waals surface area contributed by atoms with Gasteiger partial charge >= 0.3 is 0 Å². The molecular formula is C27H25N7O3. The Kier molecular flexibility index (Phi) is 6.14. The molecule has 5 rings (SSSR count). The summed E-state index contributed by atoms with van der Waals surface area (Å²) in [6.07, 6.45) is 1.60. The summed E-state index contributed by atoms with van der Waals surface area (Å²) in [5.41, 5.74) is 5.32. The van der Waals surface area contributed by atoms with E-state index in [1.807, 2.05) is 26.8 Å². The van der Waals surface area contributed by atoms with Crippen LogP contribution in [0.15, 0.2) is 60.8 Å². The van der Waals surface area contributed by atoms with Crippen LogP contribution in [0.25, 0.3) is 5.57 Å². The van der Waals surface area contributed by atoms with Crippen LogP contribution in [0.4, 0.5) is 17.2 Å². The summed E-state index contributed by atoms with van der Waals surface area (Å²) in [5.74, 6) is -0.128. The number of H-pyrrole nitrogens is 1. The van der Waals surface area contributed by atoms with Crippen molar-refractivity contribution in [3.63, 3.8) is 0 Å². The third-order valence-electron chi connectivity index (χ3n) is 5.97. The van der Waals surface area contributed by atoms with Crippen LogP contribution >= 0.6 is 0 Å². The maximum atomic E-state index is 13.1. The van der Waals surface area contributed by atoms with Gasteiger partial charge in [-0.05, 0) is 57.2 Å². The van der Waals surface area contributed by atoms with Gasteiger partial charge in [-0.2, -0.15) is 10.2 Å². The number of ketones is 1. The second-order valence-electron chi connectivity index (χ2n) is 8.70. The number of aromatic amines is 1. The molecule has 2 amide bonds. The lowest BCUT2D eigenvalue weighted by Crippen LogP contribution is -2.17. The minimum absolute atomic E-state index is 0.197. The molecule has 0 fully saturated rings. The molecule has 0 saturated heterocycles. The van der Waals surface area contributed by atoms with Crippen molar-refractivity contribution in [1.29, 1.82) is 0 Å². The van der Waals surface area contributed by atoms with Gasteiger partial charge in [0.2, 0.25) is 0 Å². The van der Waals surface area contributed by atoms with Gasteiger partial charge in [-0.15, -0.1) is 0 Å². The number of anilines is 3. The van der Waals surface area contributed by atoms with Crippen LogP contribution in [-0.2, 0) is 11.3 Å². The van der Waals surface area contributed by atoms with E-state index in [0.717, 1.165) is 11.4 Å². The summed E-state index contributed by atoms with van der Waals surface area (Å²) < 4.78 is 1.64. The van der Waals surface area contributed by atoms with E-state index in [1.54, 1.807) is 59.4 Å². The highest BCUT2D eigenvalue weighted by Crippen LogP contribution is 2.33. The molecule has 0 bridgehead atoms. The Labute approximate surface area is 212 Å². The Bertz CT molecular complexity index is 1560. The first-order chi connectivity index (χ1) is 17.8. The summed E-state index contributed by atoms with van der Waals surface area (Å²) in [4.78, 5) is 38.3. The van der Waals surface area contributed by atoms with Gasteiger partial charge in [0.1, 0.15) is 5.69 Å². The van der Waals surface area contributed by atoms with Crippen LogP contribution in [0.1, 0.15) is 50.3 Å². The smallest absolute Gasteiger partial charge is 0.273 e. The second kappa shape index (κ2) is 9.57. The van der Waals surface area contributed by atoms with Crippen LogP contribution in [0, 0.1) is 13.8 Å². The molecule has 186 valence electrons. The number of benzene rings is 2. The van der Waals surface area contributed by atoms with Gasteiger partial charge in [-0.3, -0.25) is 24.2 Å². The molecule has 3 heterocycles. The van der Waals surface area contributed by atoms with E-state index >= 15 is 0 Å². The molecule has 4 aromatic rings. The monoisotopic (exact) mass is 495 g/mol. The number of aromatic nitrogens is 4. The normalized spacial score (nSPS) is 13.4. The third kappa shape index (κ3) is 4.76. The molecule has 10 heteroatoms. The Balaban J connectivity index is 1.30. The van der Waals surface area contributed by atoms with E-state index in [0.29, 0.717) is 51.7 Å². The molecule has 0 atom stereocenters. The van der Waals surface area contributed by atoms with Gasteiger partial charge in [0.15, 0.2) is 11.6 Å². The van der Waals surface area contributed by atoms with Crippen molar-refractivity contribution in [3.8, 4) is 0 Å². The van der Waals surface area contributed by atoms with Crippen molar-refractivity contribution in [2.45, 2.75) is 27.3 Å².